The molecule has 148 valence electrons. The molecule has 0 aliphatic rings. The molecule has 0 saturated heterocycles. The predicted octanol–water partition coefficient (Wildman–Crippen LogP) is 0.952. The molecule has 1 amide bonds. The first-order valence-corrected chi connectivity index (χ1v) is 9.86. The summed E-state index contributed by atoms with van der Waals surface area (Å²) in [5.74, 6) is 1.79. The summed E-state index contributed by atoms with van der Waals surface area (Å²) in [6.45, 7) is 1.35. The quantitative estimate of drug-likeness (QED) is 0.652. The molecule has 0 bridgehead atoms. The monoisotopic (exact) mass is 395 g/mol. The van der Waals surface area contributed by atoms with Crippen LogP contribution in [-0.2, 0) is 11.3 Å². The Balaban J connectivity index is 2.33. The van der Waals surface area contributed by atoms with Gasteiger partial charge in [0.05, 0.1) is 37.8 Å². The predicted molar refractivity (Wildman–Crippen MR) is 106 cm³/mol. The maximum Gasteiger partial charge on any atom is 0.262 e. The molecule has 0 radical (unpaired) electrons. The van der Waals surface area contributed by atoms with Crippen molar-refractivity contribution in [3.63, 3.8) is 0 Å². The molecule has 2 rings (SSSR count). The van der Waals surface area contributed by atoms with E-state index >= 15 is 0 Å². The van der Waals surface area contributed by atoms with Gasteiger partial charge in [0.15, 0.2) is 11.5 Å². The molecule has 0 aliphatic heterocycles. The molecule has 1 heterocycles. The number of hydrogen-bond acceptors (Lipinski definition) is 7. The topological polar surface area (TPSA) is 103 Å². The van der Waals surface area contributed by atoms with E-state index < -0.39 is 0 Å². The van der Waals surface area contributed by atoms with Crippen LogP contribution in [0.2, 0.25) is 0 Å². The molecule has 2 N–H and O–H groups in total. The Morgan fingerprint density at radius 1 is 1.33 bits per heavy atom. The molecule has 9 heteroatoms. The summed E-state index contributed by atoms with van der Waals surface area (Å²) in [5.41, 5.74) is 0.137. The van der Waals surface area contributed by atoms with Crippen molar-refractivity contribution in [1.82, 2.24) is 14.9 Å². The molecule has 0 saturated carbocycles. The lowest BCUT2D eigenvalue weighted by Crippen LogP contribution is -2.41. The van der Waals surface area contributed by atoms with Crippen molar-refractivity contribution in [2.75, 3.05) is 32.8 Å². The van der Waals surface area contributed by atoms with Crippen LogP contribution < -0.4 is 20.3 Å². The standard InChI is InChI=1S/C18H25N3O5S/c1-11-19-14-8-16(26-3)15(25-2)7-13(14)18(24)21(11)9-17(23)20-12(10-22)5-6-27-4/h7-8,12,22H,5-6,9-10H2,1-4H3,(H,20,23). The van der Waals surface area contributed by atoms with E-state index in [0.717, 1.165) is 5.75 Å². The van der Waals surface area contributed by atoms with E-state index in [-0.39, 0.29) is 30.7 Å². The molecule has 1 aromatic heterocycles. The summed E-state index contributed by atoms with van der Waals surface area (Å²) in [6, 6.07) is 2.86. The van der Waals surface area contributed by atoms with E-state index in [9.17, 15) is 14.7 Å². The van der Waals surface area contributed by atoms with Crippen LogP contribution in [0.1, 0.15) is 12.2 Å². The van der Waals surface area contributed by atoms with Gasteiger partial charge >= 0.3 is 0 Å². The minimum atomic E-state index is -0.345. The van der Waals surface area contributed by atoms with Crippen molar-refractivity contribution < 1.29 is 19.4 Å². The fourth-order valence-electron chi connectivity index (χ4n) is 2.73. The van der Waals surface area contributed by atoms with E-state index in [1.165, 1.54) is 18.8 Å². The number of rotatable bonds is 9. The van der Waals surface area contributed by atoms with Crippen LogP contribution in [0.25, 0.3) is 10.9 Å². The van der Waals surface area contributed by atoms with Gasteiger partial charge in [-0.3, -0.25) is 14.2 Å². The highest BCUT2D eigenvalue weighted by Gasteiger charge is 2.17. The number of aromatic nitrogens is 2. The smallest absolute Gasteiger partial charge is 0.262 e. The van der Waals surface area contributed by atoms with Gasteiger partial charge in [-0.15, -0.1) is 0 Å². The number of ether oxygens (including phenoxy) is 2. The molecule has 0 spiro atoms. The highest BCUT2D eigenvalue weighted by Crippen LogP contribution is 2.30. The SMILES string of the molecule is COc1cc2nc(C)n(CC(=O)NC(CO)CCSC)c(=O)c2cc1OC. The number of aryl methyl sites for hydroxylation is 1. The van der Waals surface area contributed by atoms with E-state index in [0.29, 0.717) is 34.6 Å². The number of amides is 1. The highest BCUT2D eigenvalue weighted by molar-refractivity contribution is 7.98. The fourth-order valence-corrected chi connectivity index (χ4v) is 3.25. The number of fused-ring (bicyclic) bond motifs is 1. The number of nitrogens with one attached hydrogen (secondary N) is 1. The lowest BCUT2D eigenvalue weighted by molar-refractivity contribution is -0.122. The fraction of sp³-hybridized carbons (Fsp3) is 0.500. The zero-order valence-electron chi connectivity index (χ0n) is 15.9. The Morgan fingerprint density at radius 3 is 2.59 bits per heavy atom. The Kier molecular flexibility index (Phi) is 7.49. The van der Waals surface area contributed by atoms with Crippen LogP contribution in [0.3, 0.4) is 0 Å². The molecule has 0 aliphatic carbocycles. The van der Waals surface area contributed by atoms with E-state index in [1.807, 2.05) is 6.26 Å². The number of benzene rings is 1. The van der Waals surface area contributed by atoms with Crippen molar-refractivity contribution in [2.24, 2.45) is 0 Å². The second-order valence-electron chi connectivity index (χ2n) is 6.00. The van der Waals surface area contributed by atoms with Gasteiger partial charge < -0.3 is 19.9 Å². The molecule has 8 nitrogen and oxygen atoms in total. The molecule has 1 atom stereocenters. The van der Waals surface area contributed by atoms with Gasteiger partial charge in [0.1, 0.15) is 12.4 Å². The second-order valence-corrected chi connectivity index (χ2v) is 6.99. The summed E-state index contributed by atoms with van der Waals surface area (Å²) in [7, 11) is 3.00. The number of carbonyl (C=O) groups excluding carboxylic acids is 1. The number of methoxy groups -OCH3 is 2. The van der Waals surface area contributed by atoms with Gasteiger partial charge in [0, 0.05) is 6.07 Å². The molecular formula is C18H25N3O5S. The Bertz CT molecular complexity index is 868. The van der Waals surface area contributed by atoms with Crippen LogP contribution >= 0.6 is 11.8 Å². The average molecular weight is 395 g/mol. The zero-order valence-corrected chi connectivity index (χ0v) is 16.8. The second kappa shape index (κ2) is 9.61. The zero-order chi connectivity index (χ0) is 20.0. The number of aliphatic hydroxyl groups excluding tert-OH is 1. The average Bonchev–Trinajstić information content (AvgIpc) is 2.67. The van der Waals surface area contributed by atoms with Gasteiger partial charge in [-0.25, -0.2) is 4.98 Å². The van der Waals surface area contributed by atoms with Crippen molar-refractivity contribution in [3.8, 4) is 11.5 Å². The maximum atomic E-state index is 12.9. The van der Waals surface area contributed by atoms with Crippen LogP contribution in [0.4, 0.5) is 0 Å². The van der Waals surface area contributed by atoms with Crippen LogP contribution in [0.15, 0.2) is 16.9 Å². The number of thioether (sulfide) groups is 1. The van der Waals surface area contributed by atoms with Gasteiger partial charge in [-0.1, -0.05) is 0 Å². The Hall–Kier alpha value is -2.26. The van der Waals surface area contributed by atoms with Crippen LogP contribution in [0.5, 0.6) is 11.5 Å². The normalized spacial score (nSPS) is 12.0. The number of carbonyl (C=O) groups is 1. The first-order valence-electron chi connectivity index (χ1n) is 8.47. The number of hydrogen-bond donors (Lipinski definition) is 2. The minimum Gasteiger partial charge on any atom is -0.493 e. The van der Waals surface area contributed by atoms with Crippen molar-refractivity contribution in [3.05, 3.63) is 28.3 Å². The summed E-state index contributed by atoms with van der Waals surface area (Å²) >= 11 is 1.64. The van der Waals surface area contributed by atoms with Crippen molar-refractivity contribution in [2.45, 2.75) is 25.9 Å². The third kappa shape index (κ3) is 4.92. The summed E-state index contributed by atoms with van der Waals surface area (Å²) in [6.07, 6.45) is 2.62. The molecular weight excluding hydrogens is 370 g/mol. The highest BCUT2D eigenvalue weighted by atomic mass is 32.2. The molecule has 0 fully saturated rings. The van der Waals surface area contributed by atoms with E-state index in [1.54, 1.807) is 30.8 Å². The third-order valence-corrected chi connectivity index (χ3v) is 4.85. The van der Waals surface area contributed by atoms with E-state index in [2.05, 4.69) is 10.3 Å². The maximum absolute atomic E-state index is 12.9. The van der Waals surface area contributed by atoms with Gasteiger partial charge in [0.2, 0.25) is 5.91 Å². The van der Waals surface area contributed by atoms with Crippen LogP contribution in [0, 0.1) is 6.92 Å². The molecule has 1 aromatic carbocycles. The third-order valence-electron chi connectivity index (χ3n) is 4.21. The lowest BCUT2D eigenvalue weighted by atomic mass is 10.2. The first kappa shape index (κ1) is 21.0. The largest absolute Gasteiger partial charge is 0.493 e. The van der Waals surface area contributed by atoms with Gasteiger partial charge in [-0.2, -0.15) is 11.8 Å². The van der Waals surface area contributed by atoms with Crippen molar-refractivity contribution in [1.29, 1.82) is 0 Å². The Morgan fingerprint density at radius 2 is 2.00 bits per heavy atom. The van der Waals surface area contributed by atoms with Gasteiger partial charge in [0.25, 0.3) is 5.56 Å². The molecule has 1 unspecified atom stereocenters. The first-order chi connectivity index (χ1) is 12.9. The number of aliphatic hydroxyl groups is 1. The number of nitrogens with zero attached hydrogens (tertiary/aromatic N) is 2. The lowest BCUT2D eigenvalue weighted by Gasteiger charge is -2.17. The minimum absolute atomic E-state index is 0.146. The Labute approximate surface area is 161 Å². The van der Waals surface area contributed by atoms with Gasteiger partial charge in [-0.05, 0) is 31.4 Å². The van der Waals surface area contributed by atoms with Crippen LogP contribution in [-0.4, -0.2) is 59.4 Å². The summed E-state index contributed by atoms with van der Waals surface area (Å²) in [5, 5.41) is 12.5. The molecule has 27 heavy (non-hydrogen) atoms. The summed E-state index contributed by atoms with van der Waals surface area (Å²) in [4.78, 5) is 29.6. The molecule has 2 aromatic rings. The summed E-state index contributed by atoms with van der Waals surface area (Å²) < 4.78 is 11.8. The van der Waals surface area contributed by atoms with E-state index in [4.69, 9.17) is 9.47 Å². The van der Waals surface area contributed by atoms with Crippen molar-refractivity contribution >= 4 is 28.6 Å².